The smallest absolute Gasteiger partial charge is 0.0921 e. The molecule has 0 spiro atoms. The van der Waals surface area contributed by atoms with Crippen LogP contribution in [0.25, 0.3) is 0 Å². The molecular formula is C10H18N2. The van der Waals surface area contributed by atoms with Crippen molar-refractivity contribution in [2.75, 3.05) is 0 Å². The molecule has 2 heteroatoms. The summed E-state index contributed by atoms with van der Waals surface area (Å²) in [6.07, 6.45) is 8.78. The molecule has 1 aromatic heterocycles. The summed E-state index contributed by atoms with van der Waals surface area (Å²) in [6.45, 7) is 4.47. The number of rotatable bonds is 5. The lowest BCUT2D eigenvalue weighted by Crippen LogP contribution is -1.98. The van der Waals surface area contributed by atoms with Crippen molar-refractivity contribution in [2.24, 2.45) is 0 Å². The van der Waals surface area contributed by atoms with Crippen LogP contribution in [-0.4, -0.2) is 9.97 Å². The van der Waals surface area contributed by atoms with Crippen LogP contribution in [-0.2, 0) is 0 Å². The molecule has 0 aromatic carbocycles. The molecule has 12 heavy (non-hydrogen) atoms. The van der Waals surface area contributed by atoms with Gasteiger partial charge in [0.15, 0.2) is 0 Å². The van der Waals surface area contributed by atoms with Crippen LogP contribution in [0.1, 0.15) is 51.1 Å². The second-order valence-electron chi connectivity index (χ2n) is 3.28. The normalized spacial score (nSPS) is 10.9. The molecule has 1 heterocycles. The fraction of sp³-hybridized carbons (Fsp3) is 0.700. The molecule has 1 N–H and O–H groups in total. The molecular weight excluding hydrogens is 148 g/mol. The van der Waals surface area contributed by atoms with Crippen LogP contribution in [0.15, 0.2) is 12.5 Å². The zero-order valence-electron chi connectivity index (χ0n) is 8.01. The molecule has 2 nitrogen and oxygen atoms in total. The van der Waals surface area contributed by atoms with Gasteiger partial charge in [0, 0.05) is 17.8 Å². The Kier molecular flexibility index (Phi) is 3.85. The van der Waals surface area contributed by atoms with Crippen molar-refractivity contribution in [1.29, 1.82) is 0 Å². The van der Waals surface area contributed by atoms with Crippen molar-refractivity contribution in [3.63, 3.8) is 0 Å². The van der Waals surface area contributed by atoms with Gasteiger partial charge in [0.05, 0.1) is 6.33 Å². The molecule has 0 aliphatic carbocycles. The molecule has 0 aliphatic heterocycles. The first-order valence-corrected chi connectivity index (χ1v) is 4.86. The van der Waals surface area contributed by atoms with Crippen LogP contribution in [0.3, 0.4) is 0 Å². The summed E-state index contributed by atoms with van der Waals surface area (Å²) in [7, 11) is 0. The van der Waals surface area contributed by atoms with Crippen LogP contribution in [0.4, 0.5) is 0 Å². The van der Waals surface area contributed by atoms with Gasteiger partial charge >= 0.3 is 0 Å². The first kappa shape index (κ1) is 9.30. The number of nitrogens with one attached hydrogen (secondary N) is 1. The Morgan fingerprint density at radius 2 is 2.00 bits per heavy atom. The summed E-state index contributed by atoms with van der Waals surface area (Å²) >= 11 is 0. The van der Waals surface area contributed by atoms with Gasteiger partial charge in [-0.2, -0.15) is 0 Å². The van der Waals surface area contributed by atoms with E-state index >= 15 is 0 Å². The van der Waals surface area contributed by atoms with Gasteiger partial charge in [-0.3, -0.25) is 0 Å². The van der Waals surface area contributed by atoms with Crippen LogP contribution >= 0.6 is 0 Å². The lowest BCUT2D eigenvalue weighted by Gasteiger charge is -2.12. The van der Waals surface area contributed by atoms with Crippen LogP contribution < -0.4 is 0 Å². The highest BCUT2D eigenvalue weighted by Gasteiger charge is 2.09. The molecule has 0 radical (unpaired) electrons. The summed E-state index contributed by atoms with van der Waals surface area (Å²) in [4.78, 5) is 7.25. The third-order valence-corrected chi connectivity index (χ3v) is 2.23. The first-order chi connectivity index (χ1) is 5.88. The summed E-state index contributed by atoms with van der Waals surface area (Å²) in [5.74, 6) is 0.697. The molecule has 0 saturated carbocycles. The largest absolute Gasteiger partial charge is 0.348 e. The molecule has 0 bridgehead atoms. The van der Waals surface area contributed by atoms with Crippen molar-refractivity contribution in [3.8, 4) is 0 Å². The van der Waals surface area contributed by atoms with Gasteiger partial charge in [0.2, 0.25) is 0 Å². The minimum Gasteiger partial charge on any atom is -0.348 e. The lowest BCUT2D eigenvalue weighted by molar-refractivity contribution is 0.550. The third kappa shape index (κ3) is 2.36. The van der Waals surface area contributed by atoms with Gasteiger partial charge in [0.1, 0.15) is 0 Å². The van der Waals surface area contributed by atoms with Crippen LogP contribution in [0.2, 0.25) is 0 Å². The van der Waals surface area contributed by atoms with Crippen molar-refractivity contribution >= 4 is 0 Å². The fourth-order valence-electron chi connectivity index (χ4n) is 1.64. The Balaban J connectivity index is 2.53. The first-order valence-electron chi connectivity index (χ1n) is 4.86. The van der Waals surface area contributed by atoms with Crippen molar-refractivity contribution in [3.05, 3.63) is 18.2 Å². The number of H-pyrrole nitrogens is 1. The molecule has 0 unspecified atom stereocenters. The predicted octanol–water partition coefficient (Wildman–Crippen LogP) is 3.09. The van der Waals surface area contributed by atoms with Crippen molar-refractivity contribution in [2.45, 2.75) is 45.4 Å². The van der Waals surface area contributed by atoms with Crippen LogP contribution in [0, 0.1) is 0 Å². The molecule has 0 saturated heterocycles. The monoisotopic (exact) mass is 166 g/mol. The van der Waals surface area contributed by atoms with Crippen molar-refractivity contribution in [1.82, 2.24) is 9.97 Å². The van der Waals surface area contributed by atoms with Gasteiger partial charge in [-0.15, -0.1) is 0 Å². The van der Waals surface area contributed by atoms with Gasteiger partial charge in [0.25, 0.3) is 0 Å². The van der Waals surface area contributed by atoms with E-state index < -0.39 is 0 Å². The van der Waals surface area contributed by atoms with E-state index in [9.17, 15) is 0 Å². The Labute approximate surface area is 74.4 Å². The molecule has 68 valence electrons. The van der Waals surface area contributed by atoms with Crippen LogP contribution in [0.5, 0.6) is 0 Å². The molecule has 0 fully saturated rings. The SMILES string of the molecule is CCCC(CCC)c1cnc[nH]1. The van der Waals surface area contributed by atoms with Gasteiger partial charge in [-0.05, 0) is 12.8 Å². The Hall–Kier alpha value is -0.790. The van der Waals surface area contributed by atoms with Crippen molar-refractivity contribution < 1.29 is 0 Å². The zero-order chi connectivity index (χ0) is 8.81. The van der Waals surface area contributed by atoms with E-state index in [-0.39, 0.29) is 0 Å². The summed E-state index contributed by atoms with van der Waals surface area (Å²) in [6, 6.07) is 0. The Bertz CT molecular complexity index is 186. The second-order valence-corrected chi connectivity index (χ2v) is 3.28. The topological polar surface area (TPSA) is 28.7 Å². The second kappa shape index (κ2) is 4.96. The maximum atomic E-state index is 4.05. The number of hydrogen-bond donors (Lipinski definition) is 1. The maximum absolute atomic E-state index is 4.05. The summed E-state index contributed by atoms with van der Waals surface area (Å²) in [5.41, 5.74) is 1.30. The standard InChI is InChI=1S/C10H18N2/c1-3-5-9(6-4-2)10-7-11-8-12-10/h7-9H,3-6H2,1-2H3,(H,11,12). The number of imidazole rings is 1. The average Bonchev–Trinajstić information content (AvgIpc) is 2.56. The minimum absolute atomic E-state index is 0.697. The Morgan fingerprint density at radius 1 is 1.33 bits per heavy atom. The summed E-state index contributed by atoms with van der Waals surface area (Å²) < 4.78 is 0. The van der Waals surface area contributed by atoms with E-state index in [1.54, 1.807) is 6.33 Å². The fourth-order valence-corrected chi connectivity index (χ4v) is 1.64. The number of aromatic amines is 1. The molecule has 0 amide bonds. The minimum atomic E-state index is 0.697. The predicted molar refractivity (Wildman–Crippen MR) is 51.1 cm³/mol. The lowest BCUT2D eigenvalue weighted by atomic mass is 9.95. The van der Waals surface area contributed by atoms with E-state index in [2.05, 4.69) is 23.8 Å². The van der Waals surface area contributed by atoms with Gasteiger partial charge in [-0.1, -0.05) is 26.7 Å². The number of aromatic nitrogens is 2. The highest BCUT2D eigenvalue weighted by Crippen LogP contribution is 2.23. The highest BCUT2D eigenvalue weighted by atomic mass is 14.9. The molecule has 1 aromatic rings. The summed E-state index contributed by atoms with van der Waals surface area (Å²) in [5, 5.41) is 0. The average molecular weight is 166 g/mol. The molecule has 0 atom stereocenters. The number of nitrogens with zero attached hydrogens (tertiary/aromatic N) is 1. The highest BCUT2D eigenvalue weighted by molar-refractivity contribution is 5.02. The van der Waals surface area contributed by atoms with E-state index in [1.807, 2.05) is 6.20 Å². The maximum Gasteiger partial charge on any atom is 0.0921 e. The van der Waals surface area contributed by atoms with E-state index in [0.717, 1.165) is 0 Å². The van der Waals surface area contributed by atoms with Gasteiger partial charge < -0.3 is 4.98 Å². The third-order valence-electron chi connectivity index (χ3n) is 2.23. The quantitative estimate of drug-likeness (QED) is 0.715. The number of hydrogen-bond acceptors (Lipinski definition) is 1. The molecule has 0 aliphatic rings. The van der Waals surface area contributed by atoms with E-state index in [1.165, 1.54) is 31.4 Å². The molecule has 1 rings (SSSR count). The van der Waals surface area contributed by atoms with E-state index in [0.29, 0.717) is 5.92 Å². The Morgan fingerprint density at radius 3 is 2.42 bits per heavy atom. The van der Waals surface area contributed by atoms with Gasteiger partial charge in [-0.25, -0.2) is 4.98 Å². The zero-order valence-corrected chi connectivity index (χ0v) is 8.01. The van der Waals surface area contributed by atoms with E-state index in [4.69, 9.17) is 0 Å².